The van der Waals surface area contributed by atoms with E-state index < -0.39 is 11.7 Å². The number of alkyl carbamates (subject to hydrolysis) is 1. The normalized spacial score (nSPS) is 34.1. The third kappa shape index (κ3) is 3.39. The average molecular weight is 271 g/mol. The summed E-state index contributed by atoms with van der Waals surface area (Å²) in [4.78, 5) is 11.7. The molecule has 5 heteroatoms. The molecule has 2 saturated heterocycles. The Bertz CT molecular complexity index is 323. The molecule has 3 aliphatic rings. The molecule has 110 valence electrons. The van der Waals surface area contributed by atoms with Crippen molar-refractivity contribution in [2.24, 2.45) is 5.41 Å². The Kier molecular flexibility index (Phi) is 3.80. The maximum atomic E-state index is 11.7. The summed E-state index contributed by atoms with van der Waals surface area (Å²) in [6.07, 6.45) is 3.33. The van der Waals surface area contributed by atoms with Crippen LogP contribution in [0.1, 0.15) is 46.5 Å². The number of hydrogen-bond donors (Lipinski definition) is 2. The van der Waals surface area contributed by atoms with Crippen molar-refractivity contribution in [3.63, 3.8) is 0 Å². The van der Waals surface area contributed by atoms with Crippen LogP contribution in [0.4, 0.5) is 4.79 Å². The van der Waals surface area contributed by atoms with Gasteiger partial charge in [0.1, 0.15) is 5.60 Å². The molecule has 5 nitrogen and oxygen atoms in total. The molecule has 0 radical (unpaired) electrons. The van der Waals surface area contributed by atoms with Crippen LogP contribution in [0.2, 0.25) is 0 Å². The fourth-order valence-corrected chi connectivity index (χ4v) is 2.81. The highest BCUT2D eigenvalue weighted by molar-refractivity contribution is 5.67. The summed E-state index contributed by atoms with van der Waals surface area (Å²) in [5, 5.41) is 12.2. The minimum atomic E-state index is -0.478. The summed E-state index contributed by atoms with van der Waals surface area (Å²) in [5.41, 5.74) is -0.769. The van der Waals surface area contributed by atoms with Crippen molar-refractivity contribution in [1.29, 1.82) is 0 Å². The van der Waals surface area contributed by atoms with Crippen LogP contribution in [-0.4, -0.2) is 42.2 Å². The number of carbonyl (C=O) groups is 1. The molecular weight excluding hydrogens is 246 g/mol. The van der Waals surface area contributed by atoms with Crippen LogP contribution < -0.4 is 5.32 Å². The van der Waals surface area contributed by atoms with Crippen molar-refractivity contribution in [3.8, 4) is 0 Å². The van der Waals surface area contributed by atoms with Gasteiger partial charge in [0, 0.05) is 12.0 Å². The quantitative estimate of drug-likeness (QED) is 0.822. The predicted molar refractivity (Wildman–Crippen MR) is 70.9 cm³/mol. The molecule has 0 aromatic carbocycles. The Morgan fingerprint density at radius 2 is 1.95 bits per heavy atom. The van der Waals surface area contributed by atoms with E-state index in [0.29, 0.717) is 13.2 Å². The highest BCUT2D eigenvalue weighted by Crippen LogP contribution is 2.48. The molecule has 0 atom stereocenters. The predicted octanol–water partition coefficient (Wildman–Crippen LogP) is 1.83. The van der Waals surface area contributed by atoms with Gasteiger partial charge >= 0.3 is 6.09 Å². The Hall–Kier alpha value is -0.810. The van der Waals surface area contributed by atoms with Crippen LogP contribution in [0, 0.1) is 5.41 Å². The van der Waals surface area contributed by atoms with Gasteiger partial charge in [0.15, 0.2) is 0 Å². The molecule has 0 unspecified atom stereocenters. The highest BCUT2D eigenvalue weighted by Gasteiger charge is 2.49. The van der Waals surface area contributed by atoms with Crippen molar-refractivity contribution in [2.45, 2.75) is 57.7 Å². The van der Waals surface area contributed by atoms with Crippen molar-refractivity contribution in [3.05, 3.63) is 0 Å². The van der Waals surface area contributed by atoms with Crippen LogP contribution in [0.3, 0.4) is 0 Å². The first-order valence-corrected chi connectivity index (χ1v) is 7.00. The average Bonchev–Trinajstić information content (AvgIpc) is 2.37. The zero-order valence-electron chi connectivity index (χ0n) is 12.1. The maximum absolute atomic E-state index is 11.7. The molecule has 2 N–H and O–H groups in total. The molecule has 1 aliphatic carbocycles. The lowest BCUT2D eigenvalue weighted by Gasteiger charge is -2.52. The van der Waals surface area contributed by atoms with E-state index in [1.165, 1.54) is 0 Å². The molecule has 0 aromatic heterocycles. The van der Waals surface area contributed by atoms with Crippen molar-refractivity contribution in [2.75, 3.05) is 19.8 Å². The van der Waals surface area contributed by atoms with E-state index in [-0.39, 0.29) is 17.6 Å². The number of hydrogen-bond acceptors (Lipinski definition) is 4. The molecule has 1 saturated carbocycles. The molecule has 19 heavy (non-hydrogen) atoms. The minimum Gasteiger partial charge on any atom is -0.444 e. The summed E-state index contributed by atoms with van der Waals surface area (Å²) in [5.74, 6) is 0. The lowest BCUT2D eigenvalue weighted by Crippen LogP contribution is -2.57. The van der Waals surface area contributed by atoms with Gasteiger partial charge in [-0.1, -0.05) is 0 Å². The van der Waals surface area contributed by atoms with E-state index in [0.717, 1.165) is 25.7 Å². The number of fused-ring (bicyclic) bond motifs is 3. The summed E-state index contributed by atoms with van der Waals surface area (Å²) in [6, 6.07) is 0. The smallest absolute Gasteiger partial charge is 0.407 e. The summed E-state index contributed by atoms with van der Waals surface area (Å²) < 4.78 is 11.1. The third-order valence-electron chi connectivity index (χ3n) is 4.20. The number of amides is 1. The Labute approximate surface area is 114 Å². The molecule has 3 fully saturated rings. The number of rotatable bonds is 3. The van der Waals surface area contributed by atoms with Gasteiger partial charge < -0.3 is 19.9 Å². The molecule has 1 amide bonds. The van der Waals surface area contributed by atoms with Gasteiger partial charge in [-0.25, -0.2) is 4.79 Å². The standard InChI is InChI=1S/C14H25NO4/c1-12(2,3)19-11(17)15-8-14-6-4-13(9-16,5-7-14)10-18-14/h16H,4-10H2,1-3H3,(H,15,17). The second kappa shape index (κ2) is 4.94. The number of carbonyl (C=O) groups excluding carboxylic acids is 1. The Morgan fingerprint density at radius 1 is 1.32 bits per heavy atom. The number of aliphatic hydroxyl groups excluding tert-OH is 1. The number of aliphatic hydroxyl groups is 1. The fourth-order valence-electron chi connectivity index (χ4n) is 2.81. The van der Waals surface area contributed by atoms with Gasteiger partial charge in [0.25, 0.3) is 0 Å². The highest BCUT2D eigenvalue weighted by atomic mass is 16.6. The van der Waals surface area contributed by atoms with Crippen LogP contribution in [-0.2, 0) is 9.47 Å². The lowest BCUT2D eigenvalue weighted by molar-refractivity contribution is -0.190. The van der Waals surface area contributed by atoms with E-state index in [4.69, 9.17) is 9.47 Å². The maximum Gasteiger partial charge on any atom is 0.407 e. The second-order valence-electron chi connectivity index (χ2n) is 6.99. The van der Waals surface area contributed by atoms with Gasteiger partial charge in [0.05, 0.1) is 18.8 Å². The number of nitrogens with one attached hydrogen (secondary N) is 1. The Balaban J connectivity index is 1.83. The molecule has 2 bridgehead atoms. The molecule has 2 aliphatic heterocycles. The first-order valence-electron chi connectivity index (χ1n) is 7.00. The number of ether oxygens (including phenoxy) is 2. The van der Waals surface area contributed by atoms with E-state index in [2.05, 4.69) is 5.32 Å². The summed E-state index contributed by atoms with van der Waals surface area (Å²) >= 11 is 0. The topological polar surface area (TPSA) is 67.8 Å². The second-order valence-corrected chi connectivity index (χ2v) is 6.99. The van der Waals surface area contributed by atoms with Gasteiger partial charge in [-0.05, 0) is 46.5 Å². The monoisotopic (exact) mass is 271 g/mol. The van der Waals surface area contributed by atoms with Crippen LogP contribution in [0.15, 0.2) is 0 Å². The van der Waals surface area contributed by atoms with Crippen molar-refractivity contribution >= 4 is 6.09 Å². The lowest BCUT2D eigenvalue weighted by atomic mass is 9.66. The first kappa shape index (κ1) is 14.6. The fraction of sp³-hybridized carbons (Fsp3) is 0.929. The largest absolute Gasteiger partial charge is 0.444 e. The van der Waals surface area contributed by atoms with Gasteiger partial charge in [-0.15, -0.1) is 0 Å². The third-order valence-corrected chi connectivity index (χ3v) is 4.20. The molecular formula is C14H25NO4. The van der Waals surface area contributed by atoms with E-state index in [1.54, 1.807) is 0 Å². The van der Waals surface area contributed by atoms with Crippen LogP contribution >= 0.6 is 0 Å². The molecule has 3 rings (SSSR count). The van der Waals surface area contributed by atoms with Crippen LogP contribution in [0.5, 0.6) is 0 Å². The molecule has 0 aromatic rings. The SMILES string of the molecule is CC(C)(C)OC(=O)NCC12CCC(CO)(CC1)CO2. The van der Waals surface area contributed by atoms with Crippen LogP contribution in [0.25, 0.3) is 0 Å². The zero-order chi connectivity index (χ0) is 14.1. The van der Waals surface area contributed by atoms with Crippen molar-refractivity contribution in [1.82, 2.24) is 5.32 Å². The minimum absolute atomic E-state index is 0.0341. The van der Waals surface area contributed by atoms with E-state index >= 15 is 0 Å². The Morgan fingerprint density at radius 3 is 2.37 bits per heavy atom. The molecule has 2 heterocycles. The van der Waals surface area contributed by atoms with Gasteiger partial charge in [-0.2, -0.15) is 0 Å². The van der Waals surface area contributed by atoms with Crippen molar-refractivity contribution < 1.29 is 19.4 Å². The van der Waals surface area contributed by atoms with Gasteiger partial charge in [-0.3, -0.25) is 0 Å². The van der Waals surface area contributed by atoms with Gasteiger partial charge in [0.2, 0.25) is 0 Å². The summed E-state index contributed by atoms with van der Waals surface area (Å²) in [7, 11) is 0. The van der Waals surface area contributed by atoms with E-state index in [1.807, 2.05) is 20.8 Å². The molecule has 0 spiro atoms. The zero-order valence-corrected chi connectivity index (χ0v) is 12.1. The first-order chi connectivity index (χ1) is 8.78. The summed E-state index contributed by atoms with van der Waals surface area (Å²) in [6.45, 7) is 6.82. The van der Waals surface area contributed by atoms with E-state index in [9.17, 15) is 9.90 Å².